The fraction of sp³-hybridized carbons (Fsp3) is 0.182. The molecule has 144 valence electrons. The fourth-order valence-electron chi connectivity index (χ4n) is 3.80. The Morgan fingerprint density at radius 1 is 1.10 bits per heavy atom. The summed E-state index contributed by atoms with van der Waals surface area (Å²) in [5, 5.41) is 2.95. The lowest BCUT2D eigenvalue weighted by atomic mass is 9.96. The standard InChI is InChI=1S/C22H18N4O3/c27-19-10-18(21(19)28)25-7-5-15-2-1-14(9-17(15)13-25)11-24-22(29)16-3-4-20-23-6-8-26(20)12-16/h1-4,6,8-10,12H,5,7,11,13H2,(H,24,29). The van der Waals surface area contributed by atoms with E-state index in [9.17, 15) is 14.4 Å². The lowest BCUT2D eigenvalue weighted by Crippen LogP contribution is -2.41. The number of imidazole rings is 1. The first-order valence-corrected chi connectivity index (χ1v) is 9.45. The zero-order valence-electron chi connectivity index (χ0n) is 15.6. The van der Waals surface area contributed by atoms with Crippen molar-refractivity contribution in [2.75, 3.05) is 11.4 Å². The number of hydrogen-bond donors (Lipinski definition) is 1. The van der Waals surface area contributed by atoms with Gasteiger partial charge in [0, 0.05) is 44.3 Å². The number of amides is 1. The van der Waals surface area contributed by atoms with Crippen molar-refractivity contribution in [1.82, 2.24) is 14.7 Å². The van der Waals surface area contributed by atoms with Gasteiger partial charge in [0.15, 0.2) is 0 Å². The predicted octanol–water partition coefficient (Wildman–Crippen LogP) is 1.42. The van der Waals surface area contributed by atoms with E-state index in [0.717, 1.165) is 29.7 Å². The summed E-state index contributed by atoms with van der Waals surface area (Å²) in [5.74, 6) is -0.149. The van der Waals surface area contributed by atoms with E-state index in [0.29, 0.717) is 24.3 Å². The Morgan fingerprint density at radius 2 is 2.00 bits per heavy atom. The molecule has 3 heterocycles. The first-order chi connectivity index (χ1) is 14.1. The van der Waals surface area contributed by atoms with Crippen LogP contribution in [-0.2, 0) is 19.5 Å². The molecular weight excluding hydrogens is 368 g/mol. The van der Waals surface area contributed by atoms with Crippen molar-refractivity contribution in [3.63, 3.8) is 0 Å². The van der Waals surface area contributed by atoms with Gasteiger partial charge in [0.2, 0.25) is 10.9 Å². The molecule has 0 radical (unpaired) electrons. The lowest BCUT2D eigenvalue weighted by molar-refractivity contribution is 0.0950. The molecule has 1 aliphatic rings. The highest BCUT2D eigenvalue weighted by molar-refractivity contribution is 5.94. The third kappa shape index (κ3) is 3.10. The highest BCUT2D eigenvalue weighted by atomic mass is 16.2. The maximum absolute atomic E-state index is 12.5. The molecule has 5 rings (SSSR count). The Kier molecular flexibility index (Phi) is 4.01. The van der Waals surface area contributed by atoms with Crippen LogP contribution in [0.25, 0.3) is 5.65 Å². The van der Waals surface area contributed by atoms with Crippen LogP contribution in [0.3, 0.4) is 0 Å². The summed E-state index contributed by atoms with van der Waals surface area (Å²) in [5.41, 5.74) is 4.41. The monoisotopic (exact) mass is 386 g/mol. The molecule has 0 aliphatic carbocycles. The molecule has 29 heavy (non-hydrogen) atoms. The number of carbonyl (C=O) groups is 1. The van der Waals surface area contributed by atoms with Gasteiger partial charge in [-0.15, -0.1) is 0 Å². The first-order valence-electron chi connectivity index (χ1n) is 9.45. The first kappa shape index (κ1) is 17.4. The van der Waals surface area contributed by atoms with Crippen molar-refractivity contribution < 1.29 is 4.79 Å². The lowest BCUT2D eigenvalue weighted by Gasteiger charge is -2.31. The molecule has 2 aromatic carbocycles. The number of aromatic nitrogens is 2. The number of fused-ring (bicyclic) bond motifs is 2. The number of hydrogen-bond acceptors (Lipinski definition) is 5. The average molecular weight is 386 g/mol. The molecule has 1 aliphatic heterocycles. The summed E-state index contributed by atoms with van der Waals surface area (Å²) < 4.78 is 1.81. The van der Waals surface area contributed by atoms with Gasteiger partial charge in [-0.2, -0.15) is 0 Å². The normalized spacial score (nSPS) is 13.6. The van der Waals surface area contributed by atoms with Crippen LogP contribution in [0.5, 0.6) is 0 Å². The summed E-state index contributed by atoms with van der Waals surface area (Å²) in [7, 11) is 0. The van der Waals surface area contributed by atoms with Crippen LogP contribution in [-0.4, -0.2) is 21.8 Å². The molecular formula is C22H18N4O3. The highest BCUT2D eigenvalue weighted by Crippen LogP contribution is 2.23. The highest BCUT2D eigenvalue weighted by Gasteiger charge is 2.22. The molecule has 0 saturated carbocycles. The van der Waals surface area contributed by atoms with Gasteiger partial charge >= 0.3 is 0 Å². The van der Waals surface area contributed by atoms with E-state index in [4.69, 9.17) is 0 Å². The quantitative estimate of drug-likeness (QED) is 0.537. The van der Waals surface area contributed by atoms with Gasteiger partial charge in [-0.05, 0) is 35.2 Å². The summed E-state index contributed by atoms with van der Waals surface area (Å²) in [6.45, 7) is 1.73. The second-order valence-electron chi connectivity index (χ2n) is 7.29. The number of rotatable bonds is 4. The van der Waals surface area contributed by atoms with Crippen LogP contribution >= 0.6 is 0 Å². The number of anilines is 1. The maximum Gasteiger partial charge on any atom is 0.253 e. The van der Waals surface area contributed by atoms with Crippen molar-refractivity contribution in [3.05, 3.63) is 97.7 Å². The van der Waals surface area contributed by atoms with E-state index in [1.54, 1.807) is 24.7 Å². The van der Waals surface area contributed by atoms with Gasteiger partial charge in [-0.1, -0.05) is 18.2 Å². The van der Waals surface area contributed by atoms with Crippen molar-refractivity contribution in [3.8, 4) is 0 Å². The zero-order valence-corrected chi connectivity index (χ0v) is 15.6. The van der Waals surface area contributed by atoms with Gasteiger partial charge < -0.3 is 14.6 Å². The minimum atomic E-state index is -0.420. The zero-order chi connectivity index (χ0) is 20.0. The Balaban J connectivity index is 1.29. The number of nitrogens with one attached hydrogen (secondary N) is 1. The number of nitrogens with zero attached hydrogens (tertiary/aromatic N) is 3. The van der Waals surface area contributed by atoms with Crippen molar-refractivity contribution in [1.29, 1.82) is 0 Å². The Morgan fingerprint density at radius 3 is 2.83 bits per heavy atom. The summed E-state index contributed by atoms with van der Waals surface area (Å²) >= 11 is 0. The predicted molar refractivity (Wildman–Crippen MR) is 109 cm³/mol. The molecule has 7 heteroatoms. The molecule has 0 atom stereocenters. The molecule has 0 fully saturated rings. The van der Waals surface area contributed by atoms with E-state index in [1.165, 1.54) is 11.6 Å². The molecule has 1 N–H and O–H groups in total. The molecule has 0 bridgehead atoms. The number of pyridine rings is 1. The van der Waals surface area contributed by atoms with Crippen molar-refractivity contribution >= 4 is 17.2 Å². The van der Waals surface area contributed by atoms with E-state index in [2.05, 4.69) is 22.4 Å². The van der Waals surface area contributed by atoms with Gasteiger partial charge in [0.05, 0.1) is 11.3 Å². The van der Waals surface area contributed by atoms with Crippen LogP contribution in [0.1, 0.15) is 27.0 Å². The Labute approximate surface area is 165 Å². The minimum absolute atomic E-state index is 0.149. The van der Waals surface area contributed by atoms with Gasteiger partial charge in [0.25, 0.3) is 5.91 Å². The van der Waals surface area contributed by atoms with E-state index >= 15 is 0 Å². The van der Waals surface area contributed by atoms with Crippen LogP contribution in [0, 0.1) is 0 Å². The molecule has 0 spiro atoms. The molecule has 4 aromatic rings. The van der Waals surface area contributed by atoms with Crippen LogP contribution in [0.15, 0.2) is 64.6 Å². The second kappa shape index (κ2) is 6.70. The van der Waals surface area contributed by atoms with Crippen LogP contribution < -0.4 is 21.1 Å². The molecule has 0 unspecified atom stereocenters. The van der Waals surface area contributed by atoms with E-state index < -0.39 is 10.9 Å². The number of carbonyl (C=O) groups excluding carboxylic acids is 1. The van der Waals surface area contributed by atoms with Gasteiger partial charge in [-0.3, -0.25) is 14.4 Å². The van der Waals surface area contributed by atoms with Crippen molar-refractivity contribution in [2.24, 2.45) is 0 Å². The molecule has 0 saturated heterocycles. The maximum atomic E-state index is 12.5. The second-order valence-corrected chi connectivity index (χ2v) is 7.29. The molecule has 7 nitrogen and oxygen atoms in total. The summed E-state index contributed by atoms with van der Waals surface area (Å²) in [6, 6.07) is 11.1. The van der Waals surface area contributed by atoms with Gasteiger partial charge in [-0.25, -0.2) is 4.98 Å². The smallest absolute Gasteiger partial charge is 0.253 e. The Bertz CT molecular complexity index is 1310. The molecule has 1 amide bonds. The SMILES string of the molecule is O=C(NCc1ccc2c(c1)CN(c1cc(=O)c1=O)CC2)c1ccc2nccn2c1. The summed E-state index contributed by atoms with van der Waals surface area (Å²) in [4.78, 5) is 41.5. The van der Waals surface area contributed by atoms with Crippen molar-refractivity contribution in [2.45, 2.75) is 19.5 Å². The largest absolute Gasteiger partial charge is 0.363 e. The van der Waals surface area contributed by atoms with Crippen LogP contribution in [0.2, 0.25) is 0 Å². The minimum Gasteiger partial charge on any atom is -0.363 e. The fourth-order valence-corrected chi connectivity index (χ4v) is 3.80. The van der Waals surface area contributed by atoms with Gasteiger partial charge in [0.1, 0.15) is 5.65 Å². The van der Waals surface area contributed by atoms with Crippen LogP contribution in [0.4, 0.5) is 5.69 Å². The molecule has 2 aromatic heterocycles. The number of benzene rings is 1. The Hall–Kier alpha value is -3.74. The average Bonchev–Trinajstić information content (AvgIpc) is 3.22. The van der Waals surface area contributed by atoms with E-state index in [-0.39, 0.29) is 5.91 Å². The van der Waals surface area contributed by atoms with E-state index in [1.807, 2.05) is 21.4 Å². The third-order valence-electron chi connectivity index (χ3n) is 5.45. The summed E-state index contributed by atoms with van der Waals surface area (Å²) in [6.07, 6.45) is 6.08. The topological polar surface area (TPSA) is 83.8 Å². The third-order valence-corrected chi connectivity index (χ3v) is 5.45.